The number of halogens is 1. The van der Waals surface area contributed by atoms with Crippen LogP contribution >= 0.6 is 11.6 Å². The van der Waals surface area contributed by atoms with Crippen molar-refractivity contribution >= 4 is 40.2 Å². The highest BCUT2D eigenvalue weighted by Crippen LogP contribution is 2.25. The minimum absolute atomic E-state index is 0.347. The van der Waals surface area contributed by atoms with Gasteiger partial charge in [0.05, 0.1) is 0 Å². The molecule has 0 unspecified atom stereocenters. The van der Waals surface area contributed by atoms with Gasteiger partial charge in [-0.1, -0.05) is 31.5 Å². The zero-order valence-electron chi connectivity index (χ0n) is 12.2. The van der Waals surface area contributed by atoms with Crippen LogP contribution in [0.25, 0.3) is 11.3 Å². The number of hydrogen-bond acceptors (Lipinski definition) is 7. The van der Waals surface area contributed by atoms with Gasteiger partial charge in [0.15, 0.2) is 11.6 Å². The molecule has 0 aliphatic rings. The van der Waals surface area contributed by atoms with E-state index in [-0.39, 0.29) is 0 Å². The van der Waals surface area contributed by atoms with E-state index >= 15 is 0 Å². The quantitative estimate of drug-likeness (QED) is 0.744. The van der Waals surface area contributed by atoms with Gasteiger partial charge >= 0.3 is 0 Å². The van der Waals surface area contributed by atoms with Crippen LogP contribution in [0.15, 0.2) is 28.9 Å². The second-order valence-electron chi connectivity index (χ2n) is 5.24. The van der Waals surface area contributed by atoms with E-state index in [4.69, 9.17) is 11.6 Å². The molecule has 3 aromatic rings. The molecule has 22 heavy (non-hydrogen) atoms. The zero-order chi connectivity index (χ0) is 15.5. The van der Waals surface area contributed by atoms with Gasteiger partial charge in [0.25, 0.3) is 0 Å². The Morgan fingerprint density at radius 3 is 2.55 bits per heavy atom. The molecule has 0 saturated heterocycles. The predicted molar refractivity (Wildman–Crippen MR) is 85.5 cm³/mol. The van der Waals surface area contributed by atoms with Crippen LogP contribution in [-0.4, -0.2) is 26.8 Å². The average molecular weight is 319 g/mol. The molecule has 2 heterocycles. The molecule has 2 aromatic heterocycles. The van der Waals surface area contributed by atoms with Gasteiger partial charge < -0.3 is 10.6 Å². The molecule has 0 spiro atoms. The lowest BCUT2D eigenvalue weighted by Crippen LogP contribution is -2.12. The van der Waals surface area contributed by atoms with Crippen LogP contribution in [0.4, 0.5) is 17.3 Å². The summed E-state index contributed by atoms with van der Waals surface area (Å²) in [6, 6.07) is 7.36. The molecule has 2 N–H and O–H groups in total. The van der Waals surface area contributed by atoms with Crippen molar-refractivity contribution in [1.82, 2.24) is 20.3 Å². The lowest BCUT2D eigenvalue weighted by molar-refractivity contribution is 0.314. The van der Waals surface area contributed by atoms with Crippen molar-refractivity contribution in [3.05, 3.63) is 29.3 Å². The van der Waals surface area contributed by atoms with E-state index in [1.807, 2.05) is 12.1 Å². The van der Waals surface area contributed by atoms with Crippen molar-refractivity contribution in [3.8, 4) is 0 Å². The van der Waals surface area contributed by atoms with E-state index in [9.17, 15) is 0 Å². The molecule has 0 aliphatic heterocycles. The molecule has 1 aromatic carbocycles. The molecule has 0 saturated carbocycles. The highest BCUT2D eigenvalue weighted by Gasteiger charge is 2.13. The number of benzene rings is 1. The number of nitrogens with zero attached hydrogens (tertiary/aromatic N) is 4. The maximum absolute atomic E-state index is 6.00. The third-order valence-corrected chi connectivity index (χ3v) is 3.11. The summed E-state index contributed by atoms with van der Waals surface area (Å²) in [6.07, 6.45) is 0. The molecule has 114 valence electrons. The Balaban J connectivity index is 1.95. The van der Waals surface area contributed by atoms with Crippen molar-refractivity contribution in [2.24, 2.45) is 5.92 Å². The first-order chi connectivity index (χ1) is 10.6. The van der Waals surface area contributed by atoms with Gasteiger partial charge in [0.2, 0.25) is 11.3 Å². The Kier molecular flexibility index (Phi) is 4.06. The Morgan fingerprint density at radius 2 is 1.86 bits per heavy atom. The van der Waals surface area contributed by atoms with E-state index in [1.54, 1.807) is 12.1 Å². The topological polar surface area (TPSA) is 88.8 Å². The highest BCUT2D eigenvalue weighted by molar-refractivity contribution is 6.30. The van der Waals surface area contributed by atoms with Crippen LogP contribution in [0.5, 0.6) is 0 Å². The molecule has 0 aliphatic carbocycles. The lowest BCUT2D eigenvalue weighted by Gasteiger charge is -2.13. The summed E-state index contributed by atoms with van der Waals surface area (Å²) in [5.41, 5.74) is 1.52. The molecule has 0 radical (unpaired) electrons. The second-order valence-corrected chi connectivity index (χ2v) is 5.68. The summed E-state index contributed by atoms with van der Waals surface area (Å²) >= 11 is 6.00. The van der Waals surface area contributed by atoms with Crippen molar-refractivity contribution in [2.75, 3.05) is 17.2 Å². The lowest BCUT2D eigenvalue weighted by atomic mass is 10.2. The van der Waals surface area contributed by atoms with Crippen molar-refractivity contribution in [1.29, 1.82) is 0 Å². The van der Waals surface area contributed by atoms with Crippen LogP contribution < -0.4 is 10.6 Å². The normalized spacial score (nSPS) is 11.1. The first kappa shape index (κ1) is 14.5. The summed E-state index contributed by atoms with van der Waals surface area (Å²) in [7, 11) is 0. The number of rotatable bonds is 5. The summed E-state index contributed by atoms with van der Waals surface area (Å²) < 4.78 is 4.67. The Morgan fingerprint density at radius 1 is 1.14 bits per heavy atom. The fourth-order valence-corrected chi connectivity index (χ4v) is 2.04. The van der Waals surface area contributed by atoms with Gasteiger partial charge in [-0.25, -0.2) is 14.6 Å². The molecular weight excluding hydrogens is 304 g/mol. The fraction of sp³-hybridized carbons (Fsp3) is 0.286. The standard InChI is InChI=1S/C14H15ClN6O/c1-8(2)7-16-11-12(17-10-5-3-4-9(15)6-10)19-14-13(18-11)20-22-21-14/h3-6,8H,7H2,1-2H3,(H,16,18,20)(H,17,19,21). The summed E-state index contributed by atoms with van der Waals surface area (Å²) in [4.78, 5) is 8.78. The van der Waals surface area contributed by atoms with E-state index in [1.165, 1.54) is 0 Å². The molecule has 0 atom stereocenters. The van der Waals surface area contributed by atoms with E-state index in [0.717, 1.165) is 12.2 Å². The van der Waals surface area contributed by atoms with Crippen LogP contribution in [0.1, 0.15) is 13.8 Å². The smallest absolute Gasteiger partial charge is 0.245 e. The van der Waals surface area contributed by atoms with Crippen LogP contribution in [0.3, 0.4) is 0 Å². The summed E-state index contributed by atoms with van der Waals surface area (Å²) in [5.74, 6) is 1.61. The van der Waals surface area contributed by atoms with Gasteiger partial charge in [-0.2, -0.15) is 0 Å². The number of aromatic nitrogens is 4. The molecule has 0 fully saturated rings. The van der Waals surface area contributed by atoms with E-state index < -0.39 is 0 Å². The maximum atomic E-state index is 6.00. The van der Waals surface area contributed by atoms with Crippen molar-refractivity contribution in [3.63, 3.8) is 0 Å². The predicted octanol–water partition coefficient (Wildman–Crippen LogP) is 3.48. The molecule has 0 bridgehead atoms. The SMILES string of the molecule is CC(C)CNc1nc2nonc2nc1Nc1cccc(Cl)c1. The first-order valence-electron chi connectivity index (χ1n) is 6.88. The number of fused-ring (bicyclic) bond motifs is 1. The number of hydrogen-bond donors (Lipinski definition) is 2. The molecular formula is C14H15ClN6O. The minimum Gasteiger partial charge on any atom is -0.367 e. The monoisotopic (exact) mass is 318 g/mol. The first-order valence-corrected chi connectivity index (χ1v) is 7.26. The number of anilines is 3. The Hall–Kier alpha value is -2.41. The third kappa shape index (κ3) is 3.25. The zero-order valence-corrected chi connectivity index (χ0v) is 12.9. The van der Waals surface area contributed by atoms with E-state index in [0.29, 0.717) is 33.9 Å². The maximum Gasteiger partial charge on any atom is 0.245 e. The van der Waals surface area contributed by atoms with Crippen LogP contribution in [-0.2, 0) is 0 Å². The second kappa shape index (κ2) is 6.15. The van der Waals surface area contributed by atoms with Gasteiger partial charge in [0, 0.05) is 17.3 Å². The van der Waals surface area contributed by atoms with Crippen LogP contribution in [0.2, 0.25) is 5.02 Å². The highest BCUT2D eigenvalue weighted by atomic mass is 35.5. The molecule has 8 heteroatoms. The van der Waals surface area contributed by atoms with Gasteiger partial charge in [-0.15, -0.1) is 0 Å². The molecule has 3 rings (SSSR count). The van der Waals surface area contributed by atoms with E-state index in [2.05, 4.69) is 49.4 Å². The third-order valence-electron chi connectivity index (χ3n) is 2.88. The molecule has 7 nitrogen and oxygen atoms in total. The van der Waals surface area contributed by atoms with Crippen molar-refractivity contribution < 1.29 is 4.63 Å². The van der Waals surface area contributed by atoms with Crippen LogP contribution in [0, 0.1) is 5.92 Å². The summed E-state index contributed by atoms with van der Waals surface area (Å²) in [5, 5.41) is 14.5. The summed E-state index contributed by atoms with van der Waals surface area (Å²) in [6.45, 7) is 4.98. The number of nitrogens with one attached hydrogen (secondary N) is 2. The van der Waals surface area contributed by atoms with Crippen molar-refractivity contribution in [2.45, 2.75) is 13.8 Å². The average Bonchev–Trinajstić information content (AvgIpc) is 2.92. The van der Waals surface area contributed by atoms with Gasteiger partial charge in [-0.05, 0) is 34.4 Å². The largest absolute Gasteiger partial charge is 0.367 e. The Bertz CT molecular complexity index is 788. The Labute approximate surface area is 132 Å². The van der Waals surface area contributed by atoms with Gasteiger partial charge in [0.1, 0.15) is 0 Å². The molecule has 0 amide bonds. The minimum atomic E-state index is 0.347. The van der Waals surface area contributed by atoms with Gasteiger partial charge in [-0.3, -0.25) is 0 Å². The fourth-order valence-electron chi connectivity index (χ4n) is 1.85.